The van der Waals surface area contributed by atoms with Gasteiger partial charge in [0.05, 0.1) is 18.8 Å². The third-order valence-electron chi connectivity index (χ3n) is 3.27. The highest BCUT2D eigenvalue weighted by atomic mass is 16.3. The molecule has 0 bridgehead atoms. The SMILES string of the molecule is OC[C@H]1[C@@H](O)CCCN1Cc1ccccc1. The lowest BCUT2D eigenvalue weighted by Gasteiger charge is -2.38. The van der Waals surface area contributed by atoms with Gasteiger partial charge >= 0.3 is 0 Å². The second-order valence-electron chi connectivity index (χ2n) is 4.42. The number of aliphatic hydroxyl groups excluding tert-OH is 2. The Balaban J connectivity index is 2.02. The van der Waals surface area contributed by atoms with Crippen LogP contribution in [0, 0.1) is 0 Å². The summed E-state index contributed by atoms with van der Waals surface area (Å²) < 4.78 is 0. The molecule has 16 heavy (non-hydrogen) atoms. The first-order valence-electron chi connectivity index (χ1n) is 5.88. The van der Waals surface area contributed by atoms with Gasteiger partial charge in [-0.3, -0.25) is 4.90 Å². The van der Waals surface area contributed by atoms with Crippen molar-refractivity contribution < 1.29 is 10.2 Å². The van der Waals surface area contributed by atoms with Crippen LogP contribution in [0.5, 0.6) is 0 Å². The Morgan fingerprint density at radius 2 is 2.00 bits per heavy atom. The van der Waals surface area contributed by atoms with Crippen LogP contribution in [-0.4, -0.2) is 40.4 Å². The minimum Gasteiger partial charge on any atom is -0.395 e. The highest BCUT2D eigenvalue weighted by Crippen LogP contribution is 2.19. The van der Waals surface area contributed by atoms with Crippen molar-refractivity contribution >= 4 is 0 Å². The summed E-state index contributed by atoms with van der Waals surface area (Å²) >= 11 is 0. The Morgan fingerprint density at radius 1 is 1.25 bits per heavy atom. The first kappa shape index (κ1) is 11.6. The van der Waals surface area contributed by atoms with E-state index in [1.165, 1.54) is 5.56 Å². The van der Waals surface area contributed by atoms with E-state index in [-0.39, 0.29) is 18.8 Å². The zero-order valence-electron chi connectivity index (χ0n) is 9.42. The fourth-order valence-corrected chi connectivity index (χ4v) is 2.36. The number of likely N-dealkylation sites (tertiary alicyclic amines) is 1. The van der Waals surface area contributed by atoms with Gasteiger partial charge in [-0.2, -0.15) is 0 Å². The highest BCUT2D eigenvalue weighted by Gasteiger charge is 2.29. The molecule has 88 valence electrons. The van der Waals surface area contributed by atoms with E-state index < -0.39 is 0 Å². The molecule has 3 nitrogen and oxygen atoms in total. The molecule has 2 atom stereocenters. The van der Waals surface area contributed by atoms with Crippen LogP contribution in [0.15, 0.2) is 30.3 Å². The first-order chi connectivity index (χ1) is 7.81. The van der Waals surface area contributed by atoms with Crippen LogP contribution in [-0.2, 0) is 6.54 Å². The molecule has 1 fully saturated rings. The second kappa shape index (κ2) is 5.43. The molecule has 0 spiro atoms. The molecule has 1 heterocycles. The van der Waals surface area contributed by atoms with Crippen molar-refractivity contribution in [1.29, 1.82) is 0 Å². The topological polar surface area (TPSA) is 43.7 Å². The molecule has 1 aromatic carbocycles. The lowest BCUT2D eigenvalue weighted by Crippen LogP contribution is -2.49. The molecule has 1 aromatic rings. The summed E-state index contributed by atoms with van der Waals surface area (Å²) in [5.41, 5.74) is 1.23. The van der Waals surface area contributed by atoms with Crippen LogP contribution in [0.4, 0.5) is 0 Å². The van der Waals surface area contributed by atoms with E-state index in [2.05, 4.69) is 17.0 Å². The maximum Gasteiger partial charge on any atom is 0.0718 e. The summed E-state index contributed by atoms with van der Waals surface area (Å²) in [6.07, 6.45) is 1.42. The maximum absolute atomic E-state index is 9.82. The third-order valence-corrected chi connectivity index (χ3v) is 3.27. The molecule has 2 N–H and O–H groups in total. The predicted octanol–water partition coefficient (Wildman–Crippen LogP) is 1.00. The number of nitrogens with zero attached hydrogens (tertiary/aromatic N) is 1. The molecule has 0 saturated carbocycles. The average molecular weight is 221 g/mol. The molecule has 0 unspecified atom stereocenters. The Kier molecular flexibility index (Phi) is 3.93. The van der Waals surface area contributed by atoms with E-state index in [4.69, 9.17) is 0 Å². The minimum atomic E-state index is -0.387. The van der Waals surface area contributed by atoms with Gasteiger partial charge in [0.25, 0.3) is 0 Å². The van der Waals surface area contributed by atoms with Crippen LogP contribution in [0.3, 0.4) is 0 Å². The van der Waals surface area contributed by atoms with Crippen LogP contribution in [0.1, 0.15) is 18.4 Å². The van der Waals surface area contributed by atoms with Crippen LogP contribution in [0.2, 0.25) is 0 Å². The van der Waals surface area contributed by atoms with E-state index >= 15 is 0 Å². The summed E-state index contributed by atoms with van der Waals surface area (Å²) in [7, 11) is 0. The molecule has 1 saturated heterocycles. The molecule has 1 aliphatic rings. The lowest BCUT2D eigenvalue weighted by molar-refractivity contribution is -0.0197. The monoisotopic (exact) mass is 221 g/mol. The number of rotatable bonds is 3. The summed E-state index contributed by atoms with van der Waals surface area (Å²) in [6.45, 7) is 1.80. The first-order valence-corrected chi connectivity index (χ1v) is 5.88. The van der Waals surface area contributed by atoms with Crippen LogP contribution in [0.25, 0.3) is 0 Å². The second-order valence-corrected chi connectivity index (χ2v) is 4.42. The summed E-state index contributed by atoms with van der Waals surface area (Å²) in [5.74, 6) is 0. The van der Waals surface area contributed by atoms with E-state index in [1.54, 1.807) is 0 Å². The fourth-order valence-electron chi connectivity index (χ4n) is 2.36. The van der Waals surface area contributed by atoms with Gasteiger partial charge in [0.2, 0.25) is 0 Å². The molecule has 2 rings (SSSR count). The zero-order chi connectivity index (χ0) is 11.4. The van der Waals surface area contributed by atoms with E-state index in [0.29, 0.717) is 0 Å². The summed E-state index contributed by atoms with van der Waals surface area (Å²) in [6, 6.07) is 10.1. The van der Waals surface area contributed by atoms with Crippen molar-refractivity contribution in [3.05, 3.63) is 35.9 Å². The zero-order valence-corrected chi connectivity index (χ0v) is 9.42. The molecule has 1 aliphatic heterocycles. The predicted molar refractivity (Wildman–Crippen MR) is 63.0 cm³/mol. The number of benzene rings is 1. The normalized spacial score (nSPS) is 26.9. The third kappa shape index (κ3) is 2.61. The fraction of sp³-hybridized carbons (Fsp3) is 0.538. The van der Waals surface area contributed by atoms with E-state index in [9.17, 15) is 10.2 Å². The number of aliphatic hydroxyl groups is 2. The number of piperidine rings is 1. The van der Waals surface area contributed by atoms with Crippen molar-refractivity contribution in [2.24, 2.45) is 0 Å². The average Bonchev–Trinajstić information content (AvgIpc) is 2.31. The molecular formula is C13H19NO2. The Morgan fingerprint density at radius 3 is 2.69 bits per heavy atom. The molecule has 3 heteroatoms. The maximum atomic E-state index is 9.82. The van der Waals surface area contributed by atoms with Crippen molar-refractivity contribution in [2.75, 3.05) is 13.2 Å². The van der Waals surface area contributed by atoms with Gasteiger partial charge in [0, 0.05) is 6.54 Å². The van der Waals surface area contributed by atoms with Crippen LogP contribution < -0.4 is 0 Å². The van der Waals surface area contributed by atoms with Gasteiger partial charge in [0.1, 0.15) is 0 Å². The number of hydrogen-bond donors (Lipinski definition) is 2. The van der Waals surface area contributed by atoms with Crippen LogP contribution >= 0.6 is 0 Å². The molecule has 0 aliphatic carbocycles. The Bertz CT molecular complexity index is 315. The van der Waals surface area contributed by atoms with Gasteiger partial charge in [-0.15, -0.1) is 0 Å². The van der Waals surface area contributed by atoms with Crippen molar-refractivity contribution in [2.45, 2.75) is 31.5 Å². The molecule has 0 amide bonds. The summed E-state index contributed by atoms with van der Waals surface area (Å²) in [5, 5.41) is 19.1. The van der Waals surface area contributed by atoms with Gasteiger partial charge in [-0.1, -0.05) is 30.3 Å². The van der Waals surface area contributed by atoms with Crippen molar-refractivity contribution in [3.8, 4) is 0 Å². The van der Waals surface area contributed by atoms with E-state index in [0.717, 1.165) is 25.9 Å². The van der Waals surface area contributed by atoms with Gasteiger partial charge in [-0.25, -0.2) is 0 Å². The summed E-state index contributed by atoms with van der Waals surface area (Å²) in [4.78, 5) is 2.17. The van der Waals surface area contributed by atoms with Gasteiger partial charge < -0.3 is 10.2 Å². The largest absolute Gasteiger partial charge is 0.395 e. The lowest BCUT2D eigenvalue weighted by atomic mass is 9.98. The Hall–Kier alpha value is -0.900. The molecular weight excluding hydrogens is 202 g/mol. The van der Waals surface area contributed by atoms with Gasteiger partial charge in [0.15, 0.2) is 0 Å². The quantitative estimate of drug-likeness (QED) is 0.800. The number of hydrogen-bond acceptors (Lipinski definition) is 3. The Labute approximate surface area is 96.3 Å². The molecule has 0 aromatic heterocycles. The van der Waals surface area contributed by atoms with E-state index in [1.807, 2.05) is 18.2 Å². The minimum absolute atomic E-state index is 0.0357. The standard InChI is InChI=1S/C13H19NO2/c15-10-12-13(16)7-4-8-14(12)9-11-5-2-1-3-6-11/h1-3,5-6,12-13,15-16H,4,7-10H2/t12-,13-/m0/s1. The van der Waals surface area contributed by atoms with Crippen molar-refractivity contribution in [1.82, 2.24) is 4.90 Å². The molecule has 0 radical (unpaired) electrons. The smallest absolute Gasteiger partial charge is 0.0718 e. The van der Waals surface area contributed by atoms with Crippen molar-refractivity contribution in [3.63, 3.8) is 0 Å². The van der Waals surface area contributed by atoms with Gasteiger partial charge in [-0.05, 0) is 24.9 Å². The highest BCUT2D eigenvalue weighted by molar-refractivity contribution is 5.14.